The van der Waals surface area contributed by atoms with Gasteiger partial charge in [-0.05, 0) is 50.1 Å². The first-order valence-corrected chi connectivity index (χ1v) is 8.79. The molecule has 0 N–H and O–H groups in total. The van der Waals surface area contributed by atoms with Gasteiger partial charge in [0, 0.05) is 25.7 Å². The summed E-state index contributed by atoms with van der Waals surface area (Å²) < 4.78 is 32.6. The molecule has 0 saturated carbocycles. The maximum absolute atomic E-state index is 12.9. The van der Waals surface area contributed by atoms with Crippen molar-refractivity contribution in [2.45, 2.75) is 23.8 Å². The molecular weight excluding hydrogens is 288 g/mol. The Bertz CT molecular complexity index is 600. The predicted molar refractivity (Wildman–Crippen MR) is 80.9 cm³/mol. The molecule has 21 heavy (non-hydrogen) atoms. The number of piperidine rings is 1. The summed E-state index contributed by atoms with van der Waals surface area (Å²) >= 11 is 0. The number of methoxy groups -OCH3 is 1. The Morgan fingerprint density at radius 1 is 1.10 bits per heavy atom. The number of sulfonamides is 1. The van der Waals surface area contributed by atoms with Crippen LogP contribution < -0.4 is 4.74 Å². The van der Waals surface area contributed by atoms with E-state index in [1.807, 2.05) is 0 Å². The number of hydrogen-bond donors (Lipinski definition) is 0. The monoisotopic (exact) mass is 310 g/mol. The standard InChI is InChI=1S/C15H22N2O3S/c1-16-9-12-3-4-13(11-16)17(10-12)21(18,19)15-7-5-14(20-2)6-8-15/h5-8,12-13H,3-4,9-11H2,1-2H3/t12-,13+/m0/s1. The van der Waals surface area contributed by atoms with Crippen LogP contribution in [0.1, 0.15) is 12.8 Å². The second-order valence-electron chi connectivity index (χ2n) is 6.07. The summed E-state index contributed by atoms with van der Waals surface area (Å²) in [5.74, 6) is 1.12. The van der Waals surface area contributed by atoms with Crippen molar-refractivity contribution in [1.29, 1.82) is 0 Å². The largest absolute Gasteiger partial charge is 0.497 e. The third-order valence-corrected chi connectivity index (χ3v) is 6.44. The van der Waals surface area contributed by atoms with Crippen LogP contribution in [0.4, 0.5) is 0 Å². The van der Waals surface area contributed by atoms with Gasteiger partial charge in [-0.2, -0.15) is 4.31 Å². The Balaban J connectivity index is 1.90. The first-order chi connectivity index (χ1) is 10.0. The first kappa shape index (κ1) is 14.8. The van der Waals surface area contributed by atoms with Crippen molar-refractivity contribution in [2.24, 2.45) is 5.92 Å². The lowest BCUT2D eigenvalue weighted by molar-refractivity contribution is 0.229. The van der Waals surface area contributed by atoms with Crippen LogP contribution in [0.25, 0.3) is 0 Å². The molecule has 0 amide bonds. The average molecular weight is 310 g/mol. The van der Waals surface area contributed by atoms with Gasteiger partial charge in [-0.3, -0.25) is 0 Å². The molecule has 0 spiro atoms. The minimum absolute atomic E-state index is 0.0980. The van der Waals surface area contributed by atoms with Gasteiger partial charge in [-0.25, -0.2) is 8.42 Å². The van der Waals surface area contributed by atoms with E-state index in [-0.39, 0.29) is 6.04 Å². The lowest BCUT2D eigenvalue weighted by atomic mass is 9.97. The molecular formula is C15H22N2O3S. The highest BCUT2D eigenvalue weighted by molar-refractivity contribution is 7.89. The molecule has 1 aromatic carbocycles. The van der Waals surface area contributed by atoms with Crippen molar-refractivity contribution in [2.75, 3.05) is 33.8 Å². The maximum Gasteiger partial charge on any atom is 0.243 e. The molecule has 0 aromatic heterocycles. The number of rotatable bonds is 3. The van der Waals surface area contributed by atoms with E-state index in [2.05, 4.69) is 11.9 Å². The van der Waals surface area contributed by atoms with Crippen LogP contribution in [-0.2, 0) is 10.0 Å². The summed E-state index contributed by atoms with van der Waals surface area (Å²) in [4.78, 5) is 2.62. The lowest BCUT2D eigenvalue weighted by Gasteiger charge is -2.35. The van der Waals surface area contributed by atoms with E-state index < -0.39 is 10.0 Å². The van der Waals surface area contributed by atoms with Gasteiger partial charge in [0.2, 0.25) is 10.0 Å². The fourth-order valence-corrected chi connectivity index (χ4v) is 5.17. The predicted octanol–water partition coefficient (Wildman–Crippen LogP) is 1.41. The Labute approximate surface area is 126 Å². The van der Waals surface area contributed by atoms with Gasteiger partial charge in [-0.1, -0.05) is 0 Å². The molecule has 0 unspecified atom stereocenters. The van der Waals surface area contributed by atoms with E-state index in [9.17, 15) is 8.42 Å². The van der Waals surface area contributed by atoms with Crippen LogP contribution in [0, 0.1) is 5.92 Å². The van der Waals surface area contributed by atoms with Gasteiger partial charge >= 0.3 is 0 Å². The molecule has 116 valence electrons. The summed E-state index contributed by atoms with van der Waals surface area (Å²) in [5.41, 5.74) is 0. The van der Waals surface area contributed by atoms with Gasteiger partial charge < -0.3 is 9.64 Å². The maximum atomic E-state index is 12.9. The highest BCUT2D eigenvalue weighted by atomic mass is 32.2. The molecule has 3 aliphatic heterocycles. The molecule has 0 radical (unpaired) electrons. The zero-order valence-corrected chi connectivity index (χ0v) is 13.3. The van der Waals surface area contributed by atoms with Crippen LogP contribution in [-0.4, -0.2) is 57.5 Å². The van der Waals surface area contributed by atoms with Crippen LogP contribution in [0.15, 0.2) is 29.2 Å². The SMILES string of the molecule is COc1ccc(S(=O)(=O)N2C[C@H]3CC[C@@H]2CN(C)C3)cc1. The van der Waals surface area contributed by atoms with Crippen LogP contribution in [0.3, 0.4) is 0 Å². The molecule has 3 fully saturated rings. The van der Waals surface area contributed by atoms with Crippen LogP contribution in [0.2, 0.25) is 0 Å². The van der Waals surface area contributed by atoms with Crippen molar-refractivity contribution >= 4 is 10.0 Å². The van der Waals surface area contributed by atoms with E-state index in [4.69, 9.17) is 4.74 Å². The quantitative estimate of drug-likeness (QED) is 0.847. The number of benzene rings is 1. The third-order valence-electron chi connectivity index (χ3n) is 4.51. The Kier molecular flexibility index (Phi) is 3.94. The molecule has 0 aliphatic carbocycles. The highest BCUT2D eigenvalue weighted by Gasteiger charge is 2.40. The zero-order chi connectivity index (χ0) is 15.0. The highest BCUT2D eigenvalue weighted by Crippen LogP contribution is 2.32. The number of fused-ring (bicyclic) bond motifs is 4. The van der Waals surface area contributed by atoms with Crippen molar-refractivity contribution in [3.8, 4) is 5.75 Å². The summed E-state index contributed by atoms with van der Waals surface area (Å²) in [5, 5.41) is 0. The van der Waals surface area contributed by atoms with Crippen LogP contribution in [0.5, 0.6) is 5.75 Å². The van der Waals surface area contributed by atoms with Gasteiger partial charge in [-0.15, -0.1) is 0 Å². The normalized spacial score (nSPS) is 27.5. The van der Waals surface area contributed by atoms with E-state index in [0.29, 0.717) is 23.1 Å². The van der Waals surface area contributed by atoms with Crippen molar-refractivity contribution in [1.82, 2.24) is 9.21 Å². The number of hydrogen-bond acceptors (Lipinski definition) is 4. The topological polar surface area (TPSA) is 49.9 Å². The van der Waals surface area contributed by atoms with Crippen molar-refractivity contribution in [3.05, 3.63) is 24.3 Å². The molecule has 2 bridgehead atoms. The van der Waals surface area contributed by atoms with Crippen molar-refractivity contribution in [3.63, 3.8) is 0 Å². The van der Waals surface area contributed by atoms with Gasteiger partial charge in [0.1, 0.15) is 5.75 Å². The Hall–Kier alpha value is -1.11. The summed E-state index contributed by atoms with van der Waals surface area (Å²) in [6, 6.07) is 6.78. The number of likely N-dealkylation sites (N-methyl/N-ethyl adjacent to an activating group) is 1. The summed E-state index contributed by atoms with van der Waals surface area (Å²) in [6.07, 6.45) is 2.09. The molecule has 4 rings (SSSR count). The van der Waals surface area contributed by atoms with E-state index in [0.717, 1.165) is 25.9 Å². The number of nitrogens with zero attached hydrogens (tertiary/aromatic N) is 2. The Morgan fingerprint density at radius 3 is 2.48 bits per heavy atom. The molecule has 3 aliphatic rings. The smallest absolute Gasteiger partial charge is 0.243 e. The first-order valence-electron chi connectivity index (χ1n) is 7.35. The fourth-order valence-electron chi connectivity index (χ4n) is 3.45. The van der Waals surface area contributed by atoms with Gasteiger partial charge in [0.05, 0.1) is 12.0 Å². The summed E-state index contributed by atoms with van der Waals surface area (Å²) in [6.45, 7) is 2.46. The third kappa shape index (κ3) is 2.80. The fraction of sp³-hybridized carbons (Fsp3) is 0.600. The summed E-state index contributed by atoms with van der Waals surface area (Å²) in [7, 11) is 0.241. The van der Waals surface area contributed by atoms with E-state index >= 15 is 0 Å². The number of ether oxygens (including phenoxy) is 1. The second-order valence-corrected chi connectivity index (χ2v) is 7.96. The molecule has 1 aromatic rings. The second kappa shape index (κ2) is 5.59. The van der Waals surface area contributed by atoms with E-state index in [1.54, 1.807) is 35.7 Å². The molecule has 6 heteroatoms. The lowest BCUT2D eigenvalue weighted by Crippen LogP contribution is -2.47. The van der Waals surface area contributed by atoms with Gasteiger partial charge in [0.15, 0.2) is 0 Å². The van der Waals surface area contributed by atoms with Gasteiger partial charge in [0.25, 0.3) is 0 Å². The average Bonchev–Trinajstić information content (AvgIpc) is 2.76. The molecule has 2 atom stereocenters. The Morgan fingerprint density at radius 2 is 1.81 bits per heavy atom. The minimum Gasteiger partial charge on any atom is -0.497 e. The van der Waals surface area contributed by atoms with Crippen molar-refractivity contribution < 1.29 is 13.2 Å². The van der Waals surface area contributed by atoms with Crippen LogP contribution >= 0.6 is 0 Å². The van der Waals surface area contributed by atoms with E-state index in [1.165, 1.54) is 0 Å². The zero-order valence-electron chi connectivity index (χ0n) is 12.5. The molecule has 5 nitrogen and oxygen atoms in total. The molecule has 3 saturated heterocycles. The minimum atomic E-state index is -3.41. The molecule has 3 heterocycles.